The fourth-order valence-corrected chi connectivity index (χ4v) is 0.736. The van der Waals surface area contributed by atoms with Crippen molar-refractivity contribution in [3.05, 3.63) is 18.1 Å². The average molecular weight is 181 g/mol. The zero-order valence-corrected chi connectivity index (χ0v) is 7.47. The first-order valence-corrected chi connectivity index (χ1v) is 3.62. The number of oxime groups is 1. The predicted molar refractivity (Wildman–Crippen MR) is 48.9 cm³/mol. The molecule has 6 heteroatoms. The van der Waals surface area contributed by atoms with Crippen LogP contribution in [0.4, 0.5) is 5.82 Å². The quantitative estimate of drug-likeness (QED) is 0.281. The lowest BCUT2D eigenvalue weighted by Gasteiger charge is -2.09. The Bertz CT molecular complexity index is 305. The van der Waals surface area contributed by atoms with E-state index in [1.807, 2.05) is 19.0 Å². The summed E-state index contributed by atoms with van der Waals surface area (Å²) in [5, 5.41) is 11.2. The Hall–Kier alpha value is -1.85. The first kappa shape index (κ1) is 9.24. The predicted octanol–water partition coefficient (Wildman–Crippen LogP) is -0.363. The van der Waals surface area contributed by atoms with Gasteiger partial charge in [0.25, 0.3) is 0 Å². The molecule has 1 aromatic rings. The van der Waals surface area contributed by atoms with Crippen LogP contribution in [0.2, 0.25) is 0 Å². The summed E-state index contributed by atoms with van der Waals surface area (Å²) in [5.74, 6) is 0.673. The van der Waals surface area contributed by atoms with E-state index in [4.69, 9.17) is 10.9 Å². The molecule has 0 saturated carbocycles. The zero-order valence-electron chi connectivity index (χ0n) is 7.47. The van der Waals surface area contributed by atoms with Gasteiger partial charge in [-0.25, -0.2) is 9.97 Å². The molecule has 0 atom stereocenters. The molecule has 0 unspecified atom stereocenters. The van der Waals surface area contributed by atoms with Crippen LogP contribution in [0, 0.1) is 0 Å². The van der Waals surface area contributed by atoms with E-state index in [0.717, 1.165) is 5.82 Å². The number of amidine groups is 1. The summed E-state index contributed by atoms with van der Waals surface area (Å²) in [5.41, 5.74) is 5.66. The molecule has 6 nitrogen and oxygen atoms in total. The molecule has 0 fully saturated rings. The van der Waals surface area contributed by atoms with Gasteiger partial charge < -0.3 is 15.8 Å². The number of aromatic nitrogens is 2. The van der Waals surface area contributed by atoms with Gasteiger partial charge in [-0.2, -0.15) is 0 Å². The van der Waals surface area contributed by atoms with Gasteiger partial charge in [-0.3, -0.25) is 0 Å². The highest BCUT2D eigenvalue weighted by Crippen LogP contribution is 2.03. The smallest absolute Gasteiger partial charge is 0.190 e. The number of hydrogen-bond acceptors (Lipinski definition) is 5. The Morgan fingerprint density at radius 2 is 2.15 bits per heavy atom. The molecule has 13 heavy (non-hydrogen) atoms. The fourth-order valence-electron chi connectivity index (χ4n) is 0.736. The molecule has 1 rings (SSSR count). The molecule has 0 bridgehead atoms. The van der Waals surface area contributed by atoms with Crippen molar-refractivity contribution in [3.63, 3.8) is 0 Å². The topological polar surface area (TPSA) is 87.6 Å². The standard InChI is InChI=1S/C7H11N5O/c1-12(2)6-4-9-5(3-10-6)7(8)11-13/h3-4,13H,1-2H3,(H2,8,11). The fraction of sp³-hybridized carbons (Fsp3) is 0.286. The second kappa shape index (κ2) is 3.70. The van der Waals surface area contributed by atoms with Gasteiger partial charge in [-0.15, -0.1) is 0 Å². The molecular weight excluding hydrogens is 170 g/mol. The highest BCUT2D eigenvalue weighted by molar-refractivity contribution is 5.94. The van der Waals surface area contributed by atoms with Crippen molar-refractivity contribution in [2.45, 2.75) is 0 Å². The molecule has 1 aromatic heterocycles. The van der Waals surface area contributed by atoms with Gasteiger partial charge in [0.05, 0.1) is 12.4 Å². The van der Waals surface area contributed by atoms with Crippen molar-refractivity contribution in [2.75, 3.05) is 19.0 Å². The van der Waals surface area contributed by atoms with Crippen LogP contribution in [0.25, 0.3) is 0 Å². The Morgan fingerprint density at radius 3 is 2.54 bits per heavy atom. The van der Waals surface area contributed by atoms with Crippen LogP contribution in [0.1, 0.15) is 5.69 Å². The van der Waals surface area contributed by atoms with Crippen molar-refractivity contribution in [3.8, 4) is 0 Å². The van der Waals surface area contributed by atoms with Crippen molar-refractivity contribution in [1.29, 1.82) is 0 Å². The Balaban J connectivity index is 2.94. The molecule has 0 radical (unpaired) electrons. The summed E-state index contributed by atoms with van der Waals surface area (Å²) < 4.78 is 0. The second-order valence-electron chi connectivity index (χ2n) is 2.64. The first-order valence-electron chi connectivity index (χ1n) is 3.62. The summed E-state index contributed by atoms with van der Waals surface area (Å²) in [6.07, 6.45) is 3.00. The summed E-state index contributed by atoms with van der Waals surface area (Å²) in [6.45, 7) is 0. The first-order chi connectivity index (χ1) is 6.15. The maximum atomic E-state index is 8.35. The number of nitrogens with two attached hydrogens (primary N) is 1. The average Bonchev–Trinajstić information content (AvgIpc) is 2.17. The molecular formula is C7H11N5O. The molecule has 70 valence electrons. The Morgan fingerprint density at radius 1 is 1.46 bits per heavy atom. The van der Waals surface area contributed by atoms with E-state index < -0.39 is 0 Å². The maximum absolute atomic E-state index is 8.35. The molecule has 0 spiro atoms. The van der Waals surface area contributed by atoms with E-state index in [1.54, 1.807) is 6.20 Å². The summed E-state index contributed by atoms with van der Waals surface area (Å²) in [4.78, 5) is 9.80. The molecule has 1 heterocycles. The van der Waals surface area contributed by atoms with E-state index in [-0.39, 0.29) is 5.84 Å². The van der Waals surface area contributed by atoms with Crippen LogP contribution in [-0.4, -0.2) is 35.1 Å². The van der Waals surface area contributed by atoms with E-state index in [2.05, 4.69) is 15.1 Å². The number of anilines is 1. The Labute approximate surface area is 75.7 Å². The van der Waals surface area contributed by atoms with Gasteiger partial charge in [0.15, 0.2) is 5.84 Å². The molecule has 0 aliphatic carbocycles. The lowest BCUT2D eigenvalue weighted by atomic mass is 10.4. The van der Waals surface area contributed by atoms with E-state index in [0.29, 0.717) is 5.69 Å². The third-order valence-corrected chi connectivity index (χ3v) is 1.47. The second-order valence-corrected chi connectivity index (χ2v) is 2.64. The van der Waals surface area contributed by atoms with Gasteiger partial charge in [-0.05, 0) is 0 Å². The molecule has 0 amide bonds. The highest BCUT2D eigenvalue weighted by Gasteiger charge is 2.02. The van der Waals surface area contributed by atoms with Crippen LogP contribution in [0.3, 0.4) is 0 Å². The van der Waals surface area contributed by atoms with E-state index in [1.165, 1.54) is 6.20 Å². The number of hydrogen-bond donors (Lipinski definition) is 2. The molecule has 0 aliphatic rings. The SMILES string of the molecule is CN(C)c1cnc(C(N)=NO)cn1. The van der Waals surface area contributed by atoms with Crippen molar-refractivity contribution in [1.82, 2.24) is 9.97 Å². The minimum absolute atomic E-state index is 0.0437. The van der Waals surface area contributed by atoms with E-state index >= 15 is 0 Å². The summed E-state index contributed by atoms with van der Waals surface area (Å²) >= 11 is 0. The van der Waals surface area contributed by atoms with Crippen molar-refractivity contribution in [2.24, 2.45) is 10.9 Å². The highest BCUT2D eigenvalue weighted by atomic mass is 16.4. The third kappa shape index (κ3) is 2.05. The van der Waals surface area contributed by atoms with Crippen molar-refractivity contribution >= 4 is 11.7 Å². The van der Waals surface area contributed by atoms with Gasteiger partial charge in [0.1, 0.15) is 11.5 Å². The zero-order chi connectivity index (χ0) is 9.84. The third-order valence-electron chi connectivity index (χ3n) is 1.47. The number of nitrogens with zero attached hydrogens (tertiary/aromatic N) is 4. The van der Waals surface area contributed by atoms with Crippen molar-refractivity contribution < 1.29 is 5.21 Å². The molecule has 0 aromatic carbocycles. The van der Waals surface area contributed by atoms with Gasteiger partial charge >= 0.3 is 0 Å². The molecule has 3 N–H and O–H groups in total. The van der Waals surface area contributed by atoms with Crippen LogP contribution in [-0.2, 0) is 0 Å². The van der Waals surface area contributed by atoms with Crippen LogP contribution >= 0.6 is 0 Å². The molecule has 0 aliphatic heterocycles. The Kier molecular flexibility index (Phi) is 2.63. The lowest BCUT2D eigenvalue weighted by molar-refractivity contribution is 0.318. The molecule has 0 saturated heterocycles. The van der Waals surface area contributed by atoms with Crippen LogP contribution in [0.5, 0.6) is 0 Å². The minimum atomic E-state index is -0.0437. The minimum Gasteiger partial charge on any atom is -0.409 e. The van der Waals surface area contributed by atoms with Gasteiger partial charge in [-0.1, -0.05) is 5.16 Å². The lowest BCUT2D eigenvalue weighted by Crippen LogP contribution is -2.17. The number of rotatable bonds is 2. The van der Waals surface area contributed by atoms with Crippen LogP contribution in [0.15, 0.2) is 17.5 Å². The monoisotopic (exact) mass is 181 g/mol. The normalized spacial score (nSPS) is 11.4. The van der Waals surface area contributed by atoms with Gasteiger partial charge in [0.2, 0.25) is 0 Å². The summed E-state index contributed by atoms with van der Waals surface area (Å²) in [7, 11) is 3.71. The maximum Gasteiger partial charge on any atom is 0.190 e. The van der Waals surface area contributed by atoms with E-state index in [9.17, 15) is 0 Å². The van der Waals surface area contributed by atoms with Gasteiger partial charge in [0, 0.05) is 14.1 Å². The summed E-state index contributed by atoms with van der Waals surface area (Å²) in [6, 6.07) is 0. The largest absolute Gasteiger partial charge is 0.409 e. The van der Waals surface area contributed by atoms with Crippen LogP contribution < -0.4 is 10.6 Å².